The maximum absolute atomic E-state index is 14.1. The van der Waals surface area contributed by atoms with Gasteiger partial charge in [-0.05, 0) is 66.3 Å². The van der Waals surface area contributed by atoms with Crippen molar-refractivity contribution in [3.8, 4) is 11.5 Å². The molecule has 3 atom stereocenters. The first-order valence-corrected chi connectivity index (χ1v) is 13.9. The molecule has 0 aliphatic heterocycles. The number of halogens is 3. The number of carbonyl (C=O) groups excluding carboxylic acids is 1. The van der Waals surface area contributed by atoms with Gasteiger partial charge in [-0.1, -0.05) is 63.2 Å². The van der Waals surface area contributed by atoms with Crippen LogP contribution in [0.25, 0.3) is 0 Å². The summed E-state index contributed by atoms with van der Waals surface area (Å²) >= 11 is 0. The van der Waals surface area contributed by atoms with Gasteiger partial charge in [-0.25, -0.2) is 0 Å². The van der Waals surface area contributed by atoms with Crippen molar-refractivity contribution >= 4 is 11.6 Å². The van der Waals surface area contributed by atoms with Crippen molar-refractivity contribution in [1.82, 2.24) is 10.6 Å². The number of carbonyl (C=O) groups is 1. The Hall–Kier alpha value is -3.72. The van der Waals surface area contributed by atoms with E-state index in [1.54, 1.807) is 0 Å². The van der Waals surface area contributed by atoms with Gasteiger partial charge in [0.1, 0.15) is 24.1 Å². The van der Waals surface area contributed by atoms with Crippen molar-refractivity contribution in [2.24, 2.45) is 5.92 Å². The molecular formula is C32H40F3N3O3. The first-order chi connectivity index (χ1) is 19.6. The number of anilines is 1. The van der Waals surface area contributed by atoms with Crippen LogP contribution in [-0.4, -0.2) is 37.8 Å². The highest BCUT2D eigenvalue weighted by Gasteiger charge is 2.43. The molecule has 9 heteroatoms. The second-order valence-corrected chi connectivity index (χ2v) is 10.4. The van der Waals surface area contributed by atoms with Gasteiger partial charge in [0.05, 0.1) is 13.2 Å². The van der Waals surface area contributed by atoms with Crippen LogP contribution in [0.15, 0.2) is 78.9 Å². The van der Waals surface area contributed by atoms with Crippen molar-refractivity contribution in [1.29, 1.82) is 0 Å². The zero-order valence-corrected chi connectivity index (χ0v) is 24.0. The lowest BCUT2D eigenvalue weighted by Gasteiger charge is -2.30. The molecule has 3 aromatic carbocycles. The van der Waals surface area contributed by atoms with Crippen molar-refractivity contribution in [3.63, 3.8) is 0 Å². The van der Waals surface area contributed by atoms with E-state index in [-0.39, 0.29) is 23.9 Å². The largest absolute Gasteiger partial charge is 0.497 e. The average Bonchev–Trinajstić information content (AvgIpc) is 2.96. The van der Waals surface area contributed by atoms with Gasteiger partial charge in [0.25, 0.3) is 0 Å². The summed E-state index contributed by atoms with van der Waals surface area (Å²) in [6.07, 6.45) is -3.73. The molecule has 1 amide bonds. The molecule has 6 nitrogen and oxygen atoms in total. The van der Waals surface area contributed by atoms with Crippen LogP contribution in [0.4, 0.5) is 18.9 Å². The molecule has 3 aromatic rings. The fraction of sp³-hybridized carbons (Fsp3) is 0.406. The number of hydrogen-bond acceptors (Lipinski definition) is 5. The second-order valence-electron chi connectivity index (χ2n) is 10.4. The minimum atomic E-state index is -4.59. The summed E-state index contributed by atoms with van der Waals surface area (Å²) in [4.78, 5) is 13.3. The SMILES string of the molecule is CC[C@@H](CNc1ccc(OCc2ccccc2)cc1)NC(=O)[C@H](CC(C)C)N[C@@H](c1ccc(OC)cc1)C(F)(F)F. The van der Waals surface area contributed by atoms with Gasteiger partial charge in [-0.2, -0.15) is 13.2 Å². The Labute approximate surface area is 240 Å². The Kier molecular flexibility index (Phi) is 11.9. The summed E-state index contributed by atoms with van der Waals surface area (Å²) in [6.45, 7) is 6.57. The summed E-state index contributed by atoms with van der Waals surface area (Å²) in [5, 5.41) is 8.84. The molecule has 0 spiro atoms. The van der Waals surface area contributed by atoms with E-state index >= 15 is 0 Å². The van der Waals surface area contributed by atoms with Crippen molar-refractivity contribution in [3.05, 3.63) is 90.0 Å². The van der Waals surface area contributed by atoms with Crippen LogP contribution in [0.3, 0.4) is 0 Å². The quantitative estimate of drug-likeness (QED) is 0.185. The van der Waals surface area contributed by atoms with Gasteiger partial charge in [0.2, 0.25) is 5.91 Å². The third-order valence-corrected chi connectivity index (χ3v) is 6.66. The summed E-state index contributed by atoms with van der Waals surface area (Å²) in [5.74, 6) is 0.737. The number of rotatable bonds is 15. The molecule has 0 aromatic heterocycles. The zero-order valence-electron chi connectivity index (χ0n) is 24.0. The van der Waals surface area contributed by atoms with Crippen LogP contribution in [-0.2, 0) is 11.4 Å². The number of nitrogens with one attached hydrogen (secondary N) is 3. The minimum Gasteiger partial charge on any atom is -0.497 e. The molecule has 0 aliphatic carbocycles. The summed E-state index contributed by atoms with van der Waals surface area (Å²) < 4.78 is 53.2. The number of hydrogen-bond donors (Lipinski definition) is 3. The molecule has 0 aliphatic rings. The highest BCUT2D eigenvalue weighted by atomic mass is 19.4. The highest BCUT2D eigenvalue weighted by molar-refractivity contribution is 5.82. The summed E-state index contributed by atoms with van der Waals surface area (Å²) in [5.41, 5.74) is 1.94. The fourth-order valence-electron chi connectivity index (χ4n) is 4.35. The zero-order chi connectivity index (χ0) is 29.8. The van der Waals surface area contributed by atoms with Crippen molar-refractivity contribution in [2.75, 3.05) is 19.0 Å². The standard InChI is InChI=1S/C32H40F3N3O3/c1-5-25(20-36-26-13-17-28(18-14-26)41-21-23-9-7-6-8-10-23)37-31(39)29(19-22(2)3)38-30(32(33,34)35)24-11-15-27(40-4)16-12-24/h6-18,22,25,29-30,36,38H,5,19-21H2,1-4H3,(H,37,39)/t25-,29-,30-/m0/s1. The average molecular weight is 572 g/mol. The molecule has 41 heavy (non-hydrogen) atoms. The van der Waals surface area contributed by atoms with Gasteiger partial charge in [0, 0.05) is 18.3 Å². The van der Waals surface area contributed by atoms with E-state index in [0.29, 0.717) is 25.3 Å². The monoisotopic (exact) mass is 571 g/mol. The Bertz CT molecular complexity index is 1190. The molecule has 0 bridgehead atoms. The van der Waals surface area contributed by atoms with Crippen LogP contribution >= 0.6 is 0 Å². The Balaban J connectivity index is 1.60. The number of alkyl halides is 3. The number of methoxy groups -OCH3 is 1. The molecular weight excluding hydrogens is 531 g/mol. The fourth-order valence-corrected chi connectivity index (χ4v) is 4.35. The Morgan fingerprint density at radius 3 is 2.10 bits per heavy atom. The van der Waals surface area contributed by atoms with Crippen LogP contribution in [0.1, 0.15) is 50.8 Å². The summed E-state index contributed by atoms with van der Waals surface area (Å²) in [6, 6.07) is 19.8. The molecule has 222 valence electrons. The van der Waals surface area contributed by atoms with Crippen LogP contribution in [0.5, 0.6) is 11.5 Å². The smallest absolute Gasteiger partial charge is 0.407 e. The van der Waals surface area contributed by atoms with E-state index < -0.39 is 24.2 Å². The lowest BCUT2D eigenvalue weighted by molar-refractivity contribution is -0.161. The van der Waals surface area contributed by atoms with Gasteiger partial charge in [-0.15, -0.1) is 0 Å². The molecule has 3 N–H and O–H groups in total. The van der Waals surface area contributed by atoms with Crippen molar-refractivity contribution in [2.45, 2.75) is 64.5 Å². The first kappa shape index (κ1) is 31.8. The lowest BCUT2D eigenvalue weighted by Crippen LogP contribution is -2.52. The first-order valence-electron chi connectivity index (χ1n) is 13.9. The Morgan fingerprint density at radius 1 is 0.902 bits per heavy atom. The van der Waals surface area contributed by atoms with Crippen LogP contribution < -0.4 is 25.4 Å². The van der Waals surface area contributed by atoms with Crippen LogP contribution in [0, 0.1) is 5.92 Å². The van der Waals surface area contributed by atoms with E-state index in [0.717, 1.165) is 17.0 Å². The lowest BCUT2D eigenvalue weighted by atomic mass is 9.99. The second kappa shape index (κ2) is 15.3. The minimum absolute atomic E-state index is 0.00354. The maximum Gasteiger partial charge on any atom is 0.407 e. The topological polar surface area (TPSA) is 71.6 Å². The van der Waals surface area contributed by atoms with Gasteiger partial charge in [0.15, 0.2) is 0 Å². The Morgan fingerprint density at radius 2 is 1.54 bits per heavy atom. The van der Waals surface area contributed by atoms with Gasteiger partial charge < -0.3 is 20.1 Å². The molecule has 0 unspecified atom stereocenters. The molecule has 0 radical (unpaired) electrons. The number of benzene rings is 3. The van der Waals surface area contributed by atoms with Crippen LogP contribution in [0.2, 0.25) is 0 Å². The highest BCUT2D eigenvalue weighted by Crippen LogP contribution is 2.34. The van der Waals surface area contributed by atoms with E-state index in [4.69, 9.17) is 9.47 Å². The molecule has 0 fully saturated rings. The van der Waals surface area contributed by atoms with Crippen molar-refractivity contribution < 1.29 is 27.4 Å². The maximum atomic E-state index is 14.1. The molecule has 0 saturated heterocycles. The van der Waals surface area contributed by atoms with E-state index in [1.807, 2.05) is 75.4 Å². The summed E-state index contributed by atoms with van der Waals surface area (Å²) in [7, 11) is 1.45. The van der Waals surface area contributed by atoms with Gasteiger partial charge in [-0.3, -0.25) is 10.1 Å². The third kappa shape index (κ3) is 10.3. The predicted octanol–water partition coefficient (Wildman–Crippen LogP) is 6.89. The van der Waals surface area contributed by atoms with E-state index in [2.05, 4.69) is 16.0 Å². The molecule has 3 rings (SSSR count). The van der Waals surface area contributed by atoms with E-state index in [1.165, 1.54) is 31.4 Å². The molecule has 0 heterocycles. The number of ether oxygens (including phenoxy) is 2. The predicted molar refractivity (Wildman–Crippen MR) is 156 cm³/mol. The van der Waals surface area contributed by atoms with E-state index in [9.17, 15) is 18.0 Å². The number of amides is 1. The normalized spacial score (nSPS) is 13.8. The third-order valence-electron chi connectivity index (χ3n) is 6.66. The van der Waals surface area contributed by atoms with Gasteiger partial charge >= 0.3 is 6.18 Å². The molecule has 0 saturated carbocycles.